The van der Waals surface area contributed by atoms with Crippen molar-refractivity contribution in [3.05, 3.63) is 59.6 Å². The lowest BCUT2D eigenvalue weighted by Crippen LogP contribution is -2.56. The minimum absolute atomic E-state index is 0.0371. The third kappa shape index (κ3) is 8.62. The first kappa shape index (κ1) is 34.9. The molecule has 0 radical (unpaired) electrons. The predicted octanol–water partition coefficient (Wildman–Crippen LogP) is 3.91. The van der Waals surface area contributed by atoms with Crippen molar-refractivity contribution in [2.75, 3.05) is 13.1 Å². The second kappa shape index (κ2) is 14.5. The van der Waals surface area contributed by atoms with Crippen molar-refractivity contribution in [3.63, 3.8) is 0 Å². The lowest BCUT2D eigenvalue weighted by Gasteiger charge is -2.33. The van der Waals surface area contributed by atoms with E-state index in [9.17, 15) is 19.2 Å². The number of benzene rings is 1. The van der Waals surface area contributed by atoms with E-state index in [0.717, 1.165) is 80.4 Å². The van der Waals surface area contributed by atoms with Crippen molar-refractivity contribution >= 4 is 23.6 Å². The van der Waals surface area contributed by atoms with E-state index in [0.29, 0.717) is 24.6 Å². The average Bonchev–Trinajstić information content (AvgIpc) is 3.97. The van der Waals surface area contributed by atoms with E-state index < -0.39 is 11.1 Å². The molecule has 3 heterocycles. The molecule has 1 aromatic carbocycles. The van der Waals surface area contributed by atoms with Crippen LogP contribution >= 0.6 is 0 Å². The Balaban J connectivity index is 0.962. The monoisotopic (exact) mass is 680 g/mol. The number of unbranched alkanes of at least 4 members (excludes halogenated alkanes) is 1. The summed E-state index contributed by atoms with van der Waals surface area (Å²) in [6.45, 7) is 8.18. The van der Waals surface area contributed by atoms with Gasteiger partial charge in [0.1, 0.15) is 28.4 Å². The number of carbonyl (C=O) groups is 4. The lowest BCUT2D eigenvalue weighted by molar-refractivity contribution is -0.141. The molecule has 5 N–H and O–H groups in total. The second-order valence-corrected chi connectivity index (χ2v) is 14.9. The number of carbonyl (C=O) groups excluding carboxylic acids is 4. The van der Waals surface area contributed by atoms with Crippen molar-refractivity contribution in [3.8, 4) is 23.1 Å². The van der Waals surface area contributed by atoms with Gasteiger partial charge in [-0.05, 0) is 103 Å². The van der Waals surface area contributed by atoms with E-state index in [2.05, 4.69) is 47.7 Å². The molecular weight excluding hydrogens is 632 g/mol. The number of nitrogens with zero attached hydrogens (tertiary/aromatic N) is 3. The van der Waals surface area contributed by atoms with Gasteiger partial charge in [0.25, 0.3) is 0 Å². The van der Waals surface area contributed by atoms with Crippen LogP contribution in [0.5, 0.6) is 0 Å². The maximum Gasteiger partial charge on any atom is 0.248 e. The maximum absolute atomic E-state index is 13.5. The fourth-order valence-electron chi connectivity index (χ4n) is 6.19. The first-order valence-corrected chi connectivity index (χ1v) is 17.8. The Kier molecular flexibility index (Phi) is 10.1. The summed E-state index contributed by atoms with van der Waals surface area (Å²) in [6, 6.07) is 7.76. The highest BCUT2D eigenvalue weighted by Gasteiger charge is 2.42. The maximum atomic E-state index is 13.5. The first-order chi connectivity index (χ1) is 23.9. The number of hydrogen-bond acceptors (Lipinski definition) is 6. The molecule has 264 valence electrons. The lowest BCUT2D eigenvalue weighted by atomic mass is 10.0. The third-order valence-corrected chi connectivity index (χ3v) is 9.59. The molecule has 1 saturated heterocycles. The van der Waals surface area contributed by atoms with Gasteiger partial charge >= 0.3 is 0 Å². The van der Waals surface area contributed by atoms with Gasteiger partial charge in [0, 0.05) is 36.9 Å². The van der Waals surface area contributed by atoms with Crippen LogP contribution in [-0.4, -0.2) is 72.6 Å². The molecule has 0 bridgehead atoms. The number of likely N-dealkylation sites (tertiary alicyclic amines) is 1. The molecule has 2 saturated carbocycles. The van der Waals surface area contributed by atoms with Crippen LogP contribution in [0.3, 0.4) is 0 Å². The first-order valence-electron chi connectivity index (χ1n) is 17.8. The van der Waals surface area contributed by atoms with Crippen molar-refractivity contribution in [1.82, 2.24) is 40.8 Å². The highest BCUT2D eigenvalue weighted by molar-refractivity contribution is 5.93. The molecule has 3 aliphatic rings. The summed E-state index contributed by atoms with van der Waals surface area (Å²) in [5.41, 5.74) is 1.55. The zero-order valence-electron chi connectivity index (χ0n) is 29.4. The van der Waals surface area contributed by atoms with Gasteiger partial charge in [-0.15, -0.1) is 0 Å². The van der Waals surface area contributed by atoms with Crippen LogP contribution in [0.2, 0.25) is 0 Å². The van der Waals surface area contributed by atoms with Gasteiger partial charge in [0.15, 0.2) is 0 Å². The number of aromatic nitrogens is 4. The van der Waals surface area contributed by atoms with Crippen molar-refractivity contribution in [2.45, 2.75) is 103 Å². The summed E-state index contributed by atoms with van der Waals surface area (Å²) in [6.07, 6.45) is 11.2. The Labute approximate surface area is 293 Å². The summed E-state index contributed by atoms with van der Waals surface area (Å²) >= 11 is 0. The van der Waals surface area contributed by atoms with E-state index in [1.165, 1.54) is 0 Å². The third-order valence-electron chi connectivity index (χ3n) is 9.59. The SMILES string of the molecule is CC(C)(NC(=O)C1CC1)C(=O)NCCCCc1ncc(-c2ccc(C#Cc3cnc(C4CCCN4C(=O)C(C)(C)NC(=O)C4CC4)[nH]3)cc2)[nH]1. The Morgan fingerprint density at radius 1 is 0.840 bits per heavy atom. The molecule has 3 fully saturated rings. The average molecular weight is 681 g/mol. The van der Waals surface area contributed by atoms with Crippen LogP contribution in [0.15, 0.2) is 36.7 Å². The largest absolute Gasteiger partial charge is 0.354 e. The number of aryl methyl sites for hydroxylation is 1. The van der Waals surface area contributed by atoms with Crippen molar-refractivity contribution in [2.24, 2.45) is 11.8 Å². The van der Waals surface area contributed by atoms with Gasteiger partial charge in [0.05, 0.1) is 24.1 Å². The fraction of sp³-hybridized carbons (Fsp3) is 0.526. The minimum Gasteiger partial charge on any atom is -0.354 e. The quantitative estimate of drug-likeness (QED) is 0.136. The van der Waals surface area contributed by atoms with Crippen LogP contribution < -0.4 is 16.0 Å². The van der Waals surface area contributed by atoms with Gasteiger partial charge in [-0.2, -0.15) is 0 Å². The zero-order chi connectivity index (χ0) is 35.5. The standard InChI is InChI=1S/C38H48N8O4/c1-37(2,44-33(47)26-15-16-26)35(49)39-20-6-5-9-31-40-23-29(43-31)25-13-10-24(11-14-25)12-19-28-22-41-32(42-28)30-8-7-21-46(30)36(50)38(3,4)45-34(48)27-17-18-27/h10-11,13-14,22-23,26-27,30H,5-9,15-18,20-21H2,1-4H3,(H,39,49)(H,40,43)(H,41,42)(H,44,47)(H,45,48). The van der Waals surface area contributed by atoms with Crippen LogP contribution in [0.4, 0.5) is 0 Å². The molecule has 50 heavy (non-hydrogen) atoms. The van der Waals surface area contributed by atoms with E-state index >= 15 is 0 Å². The van der Waals surface area contributed by atoms with E-state index in [1.54, 1.807) is 33.9 Å². The summed E-state index contributed by atoms with van der Waals surface area (Å²) in [4.78, 5) is 68.0. The Morgan fingerprint density at radius 3 is 2.20 bits per heavy atom. The number of amides is 4. The van der Waals surface area contributed by atoms with Crippen LogP contribution in [0.25, 0.3) is 11.3 Å². The number of hydrogen-bond donors (Lipinski definition) is 5. The molecule has 4 amide bonds. The molecule has 12 nitrogen and oxygen atoms in total. The molecule has 0 spiro atoms. The van der Waals surface area contributed by atoms with Gasteiger partial charge < -0.3 is 30.8 Å². The molecule has 1 aliphatic heterocycles. The number of aromatic amines is 2. The minimum atomic E-state index is -0.976. The van der Waals surface area contributed by atoms with E-state index in [4.69, 9.17) is 0 Å². The molecule has 2 aliphatic carbocycles. The van der Waals surface area contributed by atoms with Crippen molar-refractivity contribution in [1.29, 1.82) is 0 Å². The molecule has 1 unspecified atom stereocenters. The second-order valence-electron chi connectivity index (χ2n) is 14.9. The zero-order valence-corrected chi connectivity index (χ0v) is 29.4. The topological polar surface area (TPSA) is 165 Å². The van der Waals surface area contributed by atoms with Gasteiger partial charge in [-0.1, -0.05) is 18.1 Å². The number of imidazole rings is 2. The molecule has 2 aromatic heterocycles. The highest BCUT2D eigenvalue weighted by Crippen LogP contribution is 2.34. The smallest absolute Gasteiger partial charge is 0.248 e. The Hall–Kier alpha value is -4.92. The number of rotatable bonds is 13. The molecule has 12 heteroatoms. The van der Waals surface area contributed by atoms with Crippen LogP contribution in [-0.2, 0) is 25.6 Å². The van der Waals surface area contributed by atoms with Gasteiger partial charge in [0.2, 0.25) is 23.6 Å². The van der Waals surface area contributed by atoms with Crippen LogP contribution in [0, 0.1) is 23.7 Å². The van der Waals surface area contributed by atoms with E-state index in [1.807, 2.05) is 35.4 Å². The van der Waals surface area contributed by atoms with E-state index in [-0.39, 0.29) is 41.5 Å². The highest BCUT2D eigenvalue weighted by atomic mass is 16.2. The van der Waals surface area contributed by atoms with Crippen molar-refractivity contribution < 1.29 is 19.2 Å². The number of nitrogens with one attached hydrogen (secondary N) is 5. The summed E-state index contributed by atoms with van der Waals surface area (Å²) in [7, 11) is 0. The fourth-order valence-corrected chi connectivity index (χ4v) is 6.19. The predicted molar refractivity (Wildman–Crippen MR) is 188 cm³/mol. The summed E-state index contributed by atoms with van der Waals surface area (Å²) < 4.78 is 0. The molecule has 6 rings (SSSR count). The summed E-state index contributed by atoms with van der Waals surface area (Å²) in [5.74, 6) is 7.70. The Bertz CT molecular complexity index is 1790. The molecule has 1 atom stereocenters. The number of H-pyrrole nitrogens is 2. The normalized spacial score (nSPS) is 17.5. The molecule has 3 aromatic rings. The van der Waals surface area contributed by atoms with Gasteiger partial charge in [-0.3, -0.25) is 19.2 Å². The van der Waals surface area contributed by atoms with Crippen LogP contribution in [0.1, 0.15) is 108 Å². The summed E-state index contributed by atoms with van der Waals surface area (Å²) in [5, 5.41) is 8.73. The Morgan fingerprint density at radius 2 is 1.52 bits per heavy atom. The van der Waals surface area contributed by atoms with Gasteiger partial charge in [-0.25, -0.2) is 9.97 Å². The molecular formula is C38H48N8O4.